The molecule has 9 heteroatoms. The van der Waals surface area contributed by atoms with Crippen LogP contribution in [0.2, 0.25) is 5.02 Å². The smallest absolute Gasteiger partial charge is 0.252 e. The minimum atomic E-state index is -0.162. The van der Waals surface area contributed by atoms with Crippen LogP contribution in [-0.4, -0.2) is 45.7 Å². The van der Waals surface area contributed by atoms with Crippen LogP contribution >= 0.6 is 24.0 Å². The number of nitrogens with one attached hydrogen (secondary N) is 2. The lowest BCUT2D eigenvalue weighted by Gasteiger charge is -2.27. The molecule has 1 aliphatic heterocycles. The lowest BCUT2D eigenvalue weighted by molar-refractivity contribution is 0.0942. The predicted molar refractivity (Wildman–Crippen MR) is 80.1 cm³/mol. The molecule has 0 saturated carbocycles. The Morgan fingerprint density at radius 1 is 1.48 bits per heavy atom. The number of aromatic nitrogens is 4. The van der Waals surface area contributed by atoms with Gasteiger partial charge in [-0.2, -0.15) is 0 Å². The molecule has 2 N–H and O–H groups in total. The van der Waals surface area contributed by atoms with Crippen LogP contribution in [0.1, 0.15) is 10.4 Å². The standard InChI is InChI=1S/C12H13ClN6O.ClH/c13-11-3-9(19-7-16-17-18-19)1-2-10(11)12(20)15-6-8-4-14-5-8;/h1-3,7-8,14H,4-6H2,(H,15,20);1H. The average Bonchev–Trinajstić information content (AvgIpc) is 2.90. The van der Waals surface area contributed by atoms with Gasteiger partial charge in [0.25, 0.3) is 5.91 Å². The average molecular weight is 329 g/mol. The van der Waals surface area contributed by atoms with Crippen molar-refractivity contribution in [1.29, 1.82) is 0 Å². The van der Waals surface area contributed by atoms with Gasteiger partial charge in [0.2, 0.25) is 0 Å². The van der Waals surface area contributed by atoms with Gasteiger partial charge < -0.3 is 10.6 Å². The van der Waals surface area contributed by atoms with E-state index < -0.39 is 0 Å². The van der Waals surface area contributed by atoms with Crippen LogP contribution in [0.4, 0.5) is 0 Å². The van der Waals surface area contributed by atoms with Gasteiger partial charge in [-0.3, -0.25) is 4.79 Å². The summed E-state index contributed by atoms with van der Waals surface area (Å²) in [5.74, 6) is 0.350. The molecule has 2 aromatic rings. The van der Waals surface area contributed by atoms with Crippen LogP contribution in [0.15, 0.2) is 24.5 Å². The Morgan fingerprint density at radius 2 is 2.29 bits per heavy atom. The molecular formula is C12H14Cl2N6O. The molecule has 0 aliphatic carbocycles. The van der Waals surface area contributed by atoms with Gasteiger partial charge in [-0.05, 0) is 28.6 Å². The van der Waals surface area contributed by atoms with Crippen LogP contribution in [0.3, 0.4) is 0 Å². The topological polar surface area (TPSA) is 84.7 Å². The molecule has 0 radical (unpaired) electrons. The summed E-state index contributed by atoms with van der Waals surface area (Å²) in [5, 5.41) is 17.3. The van der Waals surface area contributed by atoms with E-state index in [1.165, 1.54) is 11.0 Å². The first kappa shape index (κ1) is 15.7. The van der Waals surface area contributed by atoms with E-state index >= 15 is 0 Å². The van der Waals surface area contributed by atoms with E-state index in [0.29, 0.717) is 28.7 Å². The Kier molecular flexibility index (Phi) is 5.11. The summed E-state index contributed by atoms with van der Waals surface area (Å²) in [6, 6.07) is 5.09. The number of carbonyl (C=O) groups is 1. The van der Waals surface area contributed by atoms with Crippen LogP contribution in [0.5, 0.6) is 0 Å². The summed E-state index contributed by atoms with van der Waals surface area (Å²) in [7, 11) is 0. The van der Waals surface area contributed by atoms with E-state index in [1.54, 1.807) is 18.2 Å². The fourth-order valence-corrected chi connectivity index (χ4v) is 2.20. The van der Waals surface area contributed by atoms with Crippen molar-refractivity contribution in [3.63, 3.8) is 0 Å². The van der Waals surface area contributed by atoms with Gasteiger partial charge in [0.15, 0.2) is 0 Å². The largest absolute Gasteiger partial charge is 0.352 e. The van der Waals surface area contributed by atoms with Crippen LogP contribution in [0, 0.1) is 5.92 Å². The van der Waals surface area contributed by atoms with Gasteiger partial charge >= 0.3 is 0 Å². The van der Waals surface area contributed by atoms with E-state index in [1.807, 2.05) is 0 Å². The molecule has 0 unspecified atom stereocenters. The van der Waals surface area contributed by atoms with Crippen molar-refractivity contribution < 1.29 is 4.79 Å². The first-order valence-electron chi connectivity index (χ1n) is 6.26. The number of benzene rings is 1. The highest BCUT2D eigenvalue weighted by Crippen LogP contribution is 2.19. The maximum atomic E-state index is 12.0. The maximum absolute atomic E-state index is 12.0. The lowest BCUT2D eigenvalue weighted by Crippen LogP contribution is -2.48. The Bertz CT molecular complexity index is 614. The number of carbonyl (C=O) groups excluding carboxylic acids is 1. The van der Waals surface area contributed by atoms with E-state index in [2.05, 4.69) is 26.2 Å². The van der Waals surface area contributed by atoms with Gasteiger partial charge in [0.1, 0.15) is 6.33 Å². The second-order valence-corrected chi connectivity index (χ2v) is 5.06. The summed E-state index contributed by atoms with van der Waals surface area (Å²) in [4.78, 5) is 12.0. The molecule has 21 heavy (non-hydrogen) atoms. The normalized spacial score (nSPS) is 14.1. The minimum Gasteiger partial charge on any atom is -0.352 e. The number of tetrazole rings is 1. The second-order valence-electron chi connectivity index (χ2n) is 4.65. The lowest BCUT2D eigenvalue weighted by atomic mass is 10.0. The molecule has 0 bridgehead atoms. The van der Waals surface area contributed by atoms with E-state index in [9.17, 15) is 4.79 Å². The summed E-state index contributed by atoms with van der Waals surface area (Å²) in [6.07, 6.45) is 1.47. The zero-order valence-corrected chi connectivity index (χ0v) is 12.6. The molecule has 1 fully saturated rings. The van der Waals surface area contributed by atoms with Crippen LogP contribution in [0.25, 0.3) is 5.69 Å². The van der Waals surface area contributed by atoms with Crippen molar-refractivity contribution in [3.8, 4) is 5.69 Å². The SMILES string of the molecule is Cl.O=C(NCC1CNC1)c1ccc(-n2cnnn2)cc1Cl. The summed E-state index contributed by atoms with van der Waals surface area (Å²) < 4.78 is 1.48. The fraction of sp³-hybridized carbons (Fsp3) is 0.333. The first-order valence-corrected chi connectivity index (χ1v) is 6.63. The van der Waals surface area contributed by atoms with E-state index in [0.717, 1.165) is 13.1 Å². The second kappa shape index (κ2) is 6.84. The molecular weight excluding hydrogens is 315 g/mol. The van der Waals surface area contributed by atoms with Gasteiger partial charge in [-0.15, -0.1) is 17.5 Å². The van der Waals surface area contributed by atoms with E-state index in [4.69, 9.17) is 11.6 Å². The molecule has 1 aromatic carbocycles. The number of amides is 1. The fourth-order valence-electron chi connectivity index (χ4n) is 1.94. The Morgan fingerprint density at radius 3 is 2.86 bits per heavy atom. The highest BCUT2D eigenvalue weighted by Gasteiger charge is 2.18. The van der Waals surface area contributed by atoms with Gasteiger partial charge in [-0.25, -0.2) is 4.68 Å². The maximum Gasteiger partial charge on any atom is 0.252 e. The Hall–Kier alpha value is -1.70. The van der Waals surface area contributed by atoms with Crippen molar-refractivity contribution in [1.82, 2.24) is 30.8 Å². The summed E-state index contributed by atoms with van der Waals surface area (Å²) >= 11 is 6.15. The molecule has 1 aromatic heterocycles. The minimum absolute atomic E-state index is 0. The molecule has 2 heterocycles. The van der Waals surface area contributed by atoms with Crippen molar-refractivity contribution in [3.05, 3.63) is 35.1 Å². The van der Waals surface area contributed by atoms with Crippen molar-refractivity contribution in [2.75, 3.05) is 19.6 Å². The Labute approximate surface area is 132 Å². The van der Waals surface area contributed by atoms with Crippen LogP contribution < -0.4 is 10.6 Å². The molecule has 1 aliphatic rings. The number of hydrogen-bond donors (Lipinski definition) is 2. The summed E-state index contributed by atoms with van der Waals surface area (Å²) in [5.41, 5.74) is 1.16. The van der Waals surface area contributed by atoms with Crippen molar-refractivity contribution in [2.45, 2.75) is 0 Å². The number of nitrogens with zero attached hydrogens (tertiary/aromatic N) is 4. The zero-order chi connectivity index (χ0) is 13.9. The van der Waals surface area contributed by atoms with Gasteiger partial charge in [-0.1, -0.05) is 11.6 Å². The predicted octanol–water partition coefficient (Wildman–Crippen LogP) is 0.687. The third-order valence-electron chi connectivity index (χ3n) is 3.23. The quantitative estimate of drug-likeness (QED) is 0.862. The third-order valence-corrected chi connectivity index (χ3v) is 3.54. The number of rotatable bonds is 4. The zero-order valence-electron chi connectivity index (χ0n) is 11.0. The third kappa shape index (κ3) is 3.49. The van der Waals surface area contributed by atoms with Gasteiger partial charge in [0, 0.05) is 25.6 Å². The van der Waals surface area contributed by atoms with Crippen LogP contribution in [-0.2, 0) is 0 Å². The number of halogens is 2. The summed E-state index contributed by atoms with van der Waals surface area (Å²) in [6.45, 7) is 2.56. The Balaban J connectivity index is 0.00000161. The molecule has 112 valence electrons. The van der Waals surface area contributed by atoms with Crippen molar-refractivity contribution >= 4 is 29.9 Å². The highest BCUT2D eigenvalue weighted by molar-refractivity contribution is 6.34. The first-order chi connectivity index (χ1) is 9.74. The molecule has 0 spiro atoms. The molecule has 7 nitrogen and oxygen atoms in total. The van der Waals surface area contributed by atoms with Crippen molar-refractivity contribution in [2.24, 2.45) is 5.92 Å². The molecule has 0 atom stereocenters. The molecule has 1 saturated heterocycles. The highest BCUT2D eigenvalue weighted by atomic mass is 35.5. The number of hydrogen-bond acceptors (Lipinski definition) is 5. The molecule has 3 rings (SSSR count). The van der Waals surface area contributed by atoms with Gasteiger partial charge in [0.05, 0.1) is 16.3 Å². The monoisotopic (exact) mass is 328 g/mol. The molecule has 1 amide bonds. The van der Waals surface area contributed by atoms with E-state index in [-0.39, 0.29) is 18.3 Å².